The van der Waals surface area contributed by atoms with Crippen molar-refractivity contribution in [3.05, 3.63) is 82.9 Å². The Morgan fingerprint density at radius 1 is 1.17 bits per heavy atom. The molecule has 0 aromatic heterocycles. The van der Waals surface area contributed by atoms with Crippen molar-refractivity contribution in [3.63, 3.8) is 0 Å². The van der Waals surface area contributed by atoms with E-state index >= 15 is 0 Å². The number of amides is 1. The van der Waals surface area contributed by atoms with E-state index < -0.39 is 31.1 Å². The second-order valence-corrected chi connectivity index (χ2v) is 8.53. The molecule has 0 radical (unpaired) electrons. The van der Waals surface area contributed by atoms with Crippen molar-refractivity contribution in [2.45, 2.75) is 23.3 Å². The van der Waals surface area contributed by atoms with Gasteiger partial charge in [-0.25, -0.2) is 8.42 Å². The summed E-state index contributed by atoms with van der Waals surface area (Å²) in [5.41, 5.74) is -1.13. The van der Waals surface area contributed by atoms with E-state index in [2.05, 4.69) is 11.3 Å². The number of para-hydroxylation sites is 1. The molecule has 2 aromatic rings. The molecule has 8 nitrogen and oxygen atoms in total. The summed E-state index contributed by atoms with van der Waals surface area (Å²) >= 11 is 0. The second kappa shape index (κ2) is 8.14. The van der Waals surface area contributed by atoms with E-state index in [-0.39, 0.29) is 18.9 Å². The fourth-order valence-electron chi connectivity index (χ4n) is 3.44. The van der Waals surface area contributed by atoms with Crippen molar-refractivity contribution in [1.29, 1.82) is 0 Å². The van der Waals surface area contributed by atoms with Crippen LogP contribution in [0.1, 0.15) is 12.0 Å². The Bertz CT molecular complexity index is 1040. The molecule has 2 aromatic carbocycles. The molecule has 1 aliphatic rings. The summed E-state index contributed by atoms with van der Waals surface area (Å²) in [5.74, 6) is -0.356. The third kappa shape index (κ3) is 4.20. The van der Waals surface area contributed by atoms with Crippen LogP contribution in [0.15, 0.2) is 72.1 Å². The highest BCUT2D eigenvalue weighted by Crippen LogP contribution is 2.31. The van der Waals surface area contributed by atoms with Crippen molar-refractivity contribution in [1.82, 2.24) is 9.62 Å². The molecule has 1 fully saturated rings. The number of nitrogens with zero attached hydrogens (tertiary/aromatic N) is 2. The van der Waals surface area contributed by atoms with Gasteiger partial charge in [0, 0.05) is 25.6 Å². The molecule has 1 aliphatic heterocycles. The highest BCUT2D eigenvalue weighted by molar-refractivity contribution is 7.89. The number of hydrogen-bond acceptors (Lipinski definition) is 5. The summed E-state index contributed by atoms with van der Waals surface area (Å²) in [7, 11) is -4.31. The van der Waals surface area contributed by atoms with Gasteiger partial charge in [0.1, 0.15) is 5.54 Å². The van der Waals surface area contributed by atoms with Gasteiger partial charge >= 0.3 is 0 Å². The minimum Gasteiger partial charge on any atom is -0.338 e. The molecule has 1 atom stereocenters. The number of nitro benzene ring substituents is 1. The molecular formula is C20H21N3O5S. The minimum atomic E-state index is -4.31. The number of hydrogen-bond donors (Lipinski definition) is 1. The summed E-state index contributed by atoms with van der Waals surface area (Å²) in [4.78, 5) is 24.6. The van der Waals surface area contributed by atoms with Crippen molar-refractivity contribution < 1.29 is 18.1 Å². The minimum absolute atomic E-state index is 0.150. The van der Waals surface area contributed by atoms with Gasteiger partial charge in [-0.15, -0.1) is 6.58 Å². The Kier molecular flexibility index (Phi) is 5.81. The molecule has 0 spiro atoms. The Labute approximate surface area is 169 Å². The lowest BCUT2D eigenvalue weighted by molar-refractivity contribution is -0.387. The summed E-state index contributed by atoms with van der Waals surface area (Å²) in [6.45, 7) is 4.24. The first-order valence-corrected chi connectivity index (χ1v) is 10.5. The van der Waals surface area contributed by atoms with Crippen molar-refractivity contribution in [2.24, 2.45) is 0 Å². The molecule has 1 saturated heterocycles. The Balaban J connectivity index is 1.95. The molecule has 0 saturated carbocycles. The standard InChI is InChI=1S/C20H21N3O5S/c1-2-3-13-22-15-20(19(22)24,14-16-9-5-4-6-10-16)21-29(27,28)18-12-8-7-11-17(18)23(25)26/h2,4-12,21H,1,3,13-15H2. The predicted molar refractivity (Wildman–Crippen MR) is 108 cm³/mol. The maximum absolute atomic E-state index is 13.0. The first-order valence-electron chi connectivity index (χ1n) is 9.01. The third-order valence-electron chi connectivity index (χ3n) is 4.79. The van der Waals surface area contributed by atoms with E-state index in [0.717, 1.165) is 17.7 Å². The van der Waals surface area contributed by atoms with Crippen molar-refractivity contribution in [3.8, 4) is 0 Å². The van der Waals surface area contributed by atoms with Crippen LogP contribution in [0.5, 0.6) is 0 Å². The largest absolute Gasteiger partial charge is 0.338 e. The number of likely N-dealkylation sites (tertiary alicyclic amines) is 1. The average molecular weight is 415 g/mol. The Morgan fingerprint density at radius 2 is 1.83 bits per heavy atom. The molecular weight excluding hydrogens is 394 g/mol. The number of sulfonamides is 1. The first kappa shape index (κ1) is 20.7. The van der Waals surface area contributed by atoms with Crippen LogP contribution in [-0.4, -0.2) is 42.8 Å². The molecule has 1 unspecified atom stereocenters. The van der Waals surface area contributed by atoms with Gasteiger partial charge in [0.25, 0.3) is 5.69 Å². The monoisotopic (exact) mass is 415 g/mol. The maximum atomic E-state index is 13.0. The van der Waals surface area contributed by atoms with Gasteiger partial charge in [-0.3, -0.25) is 14.9 Å². The van der Waals surface area contributed by atoms with E-state index in [0.29, 0.717) is 13.0 Å². The van der Waals surface area contributed by atoms with Gasteiger partial charge in [-0.1, -0.05) is 48.5 Å². The van der Waals surface area contributed by atoms with Crippen LogP contribution in [0.2, 0.25) is 0 Å². The molecule has 1 heterocycles. The zero-order valence-electron chi connectivity index (χ0n) is 15.7. The lowest BCUT2D eigenvalue weighted by atomic mass is 9.83. The summed E-state index contributed by atoms with van der Waals surface area (Å²) < 4.78 is 28.5. The molecule has 0 aliphatic carbocycles. The lowest BCUT2D eigenvalue weighted by Crippen LogP contribution is -2.75. The van der Waals surface area contributed by atoms with Crippen LogP contribution in [0.3, 0.4) is 0 Å². The normalized spacial score (nSPS) is 18.9. The maximum Gasteiger partial charge on any atom is 0.289 e. The lowest BCUT2D eigenvalue weighted by Gasteiger charge is -2.49. The predicted octanol–water partition coefficient (Wildman–Crippen LogP) is 2.27. The van der Waals surface area contributed by atoms with Gasteiger partial charge in [0.15, 0.2) is 4.90 Å². The number of rotatable bonds is 9. The Hall–Kier alpha value is -3.04. The topological polar surface area (TPSA) is 110 Å². The van der Waals surface area contributed by atoms with Gasteiger partial charge < -0.3 is 4.90 Å². The number of nitro groups is 1. The molecule has 29 heavy (non-hydrogen) atoms. The van der Waals surface area contributed by atoms with E-state index in [1.165, 1.54) is 12.1 Å². The van der Waals surface area contributed by atoms with Crippen LogP contribution >= 0.6 is 0 Å². The quantitative estimate of drug-likeness (QED) is 0.292. The molecule has 9 heteroatoms. The second-order valence-electron chi connectivity index (χ2n) is 6.88. The molecule has 1 N–H and O–H groups in total. The van der Waals surface area contributed by atoms with Crippen molar-refractivity contribution >= 4 is 21.6 Å². The van der Waals surface area contributed by atoms with Crippen LogP contribution < -0.4 is 4.72 Å². The first-order chi connectivity index (χ1) is 13.8. The van der Waals surface area contributed by atoms with Crippen LogP contribution in [-0.2, 0) is 21.2 Å². The average Bonchev–Trinajstić information content (AvgIpc) is 2.71. The van der Waals surface area contributed by atoms with Crippen LogP contribution in [0, 0.1) is 10.1 Å². The highest BCUT2D eigenvalue weighted by Gasteiger charge is 2.54. The number of β-lactam (4-membered cyclic amide) rings is 1. The SMILES string of the molecule is C=CCCN1CC(Cc2ccccc2)(NS(=O)(=O)c2ccccc2[N+](=O)[O-])C1=O. The molecule has 152 valence electrons. The molecule has 0 bridgehead atoms. The summed E-state index contributed by atoms with van der Waals surface area (Å²) in [6, 6.07) is 14.1. The van der Waals surface area contributed by atoms with E-state index in [1.54, 1.807) is 35.2 Å². The Morgan fingerprint density at radius 3 is 2.45 bits per heavy atom. The van der Waals surface area contributed by atoms with Gasteiger partial charge in [-0.05, 0) is 18.1 Å². The van der Waals surface area contributed by atoms with Gasteiger partial charge in [0.05, 0.1) is 4.92 Å². The third-order valence-corrected chi connectivity index (χ3v) is 6.37. The summed E-state index contributed by atoms with van der Waals surface area (Å²) in [6.07, 6.45) is 2.42. The van der Waals surface area contributed by atoms with E-state index in [1.807, 2.05) is 6.07 Å². The van der Waals surface area contributed by atoms with Gasteiger partial charge in [-0.2, -0.15) is 4.72 Å². The fraction of sp³-hybridized carbons (Fsp3) is 0.250. The highest BCUT2D eigenvalue weighted by atomic mass is 32.2. The van der Waals surface area contributed by atoms with E-state index in [9.17, 15) is 23.3 Å². The zero-order chi connectivity index (χ0) is 21.1. The summed E-state index contributed by atoms with van der Waals surface area (Å²) in [5, 5.41) is 11.3. The van der Waals surface area contributed by atoms with Gasteiger partial charge in [0.2, 0.25) is 15.9 Å². The van der Waals surface area contributed by atoms with Crippen LogP contribution in [0.4, 0.5) is 5.69 Å². The van der Waals surface area contributed by atoms with Crippen LogP contribution in [0.25, 0.3) is 0 Å². The molecule has 3 rings (SSSR count). The zero-order valence-corrected chi connectivity index (χ0v) is 16.5. The number of benzene rings is 2. The number of carbonyl (C=O) groups excluding carboxylic acids is 1. The smallest absolute Gasteiger partial charge is 0.289 e. The number of carbonyl (C=O) groups is 1. The fourth-order valence-corrected chi connectivity index (χ4v) is 4.96. The molecule has 1 amide bonds. The number of nitrogens with one attached hydrogen (secondary N) is 1. The van der Waals surface area contributed by atoms with E-state index in [4.69, 9.17) is 0 Å². The van der Waals surface area contributed by atoms with Crippen molar-refractivity contribution in [2.75, 3.05) is 13.1 Å².